The van der Waals surface area contributed by atoms with E-state index in [4.69, 9.17) is 18.9 Å². The molecule has 31 heavy (non-hydrogen) atoms. The Labute approximate surface area is 181 Å². The second kappa shape index (κ2) is 11.9. The number of rotatable bonds is 10. The van der Waals surface area contributed by atoms with Gasteiger partial charge in [0.25, 0.3) is 5.91 Å². The van der Waals surface area contributed by atoms with Crippen LogP contribution >= 0.6 is 0 Å². The summed E-state index contributed by atoms with van der Waals surface area (Å²) in [5, 5.41) is 12.1. The average molecular weight is 424 g/mol. The first kappa shape index (κ1) is 23.3. The summed E-state index contributed by atoms with van der Waals surface area (Å²) in [6.45, 7) is 1.99. The molecule has 1 amide bonds. The molecule has 2 rings (SSSR count). The fourth-order valence-electron chi connectivity index (χ4n) is 2.57. The van der Waals surface area contributed by atoms with Crippen molar-refractivity contribution in [2.45, 2.75) is 13.5 Å². The van der Waals surface area contributed by atoms with Gasteiger partial charge >= 0.3 is 5.97 Å². The van der Waals surface area contributed by atoms with Crippen molar-refractivity contribution in [1.82, 2.24) is 5.32 Å². The van der Waals surface area contributed by atoms with E-state index >= 15 is 0 Å². The third-order valence-corrected chi connectivity index (χ3v) is 4.13. The van der Waals surface area contributed by atoms with Gasteiger partial charge in [-0.2, -0.15) is 5.26 Å². The third kappa shape index (κ3) is 7.08. The maximum Gasteiger partial charge on any atom is 0.344 e. The molecule has 0 aromatic heterocycles. The number of carbonyl (C=O) groups is 2. The van der Waals surface area contributed by atoms with E-state index in [0.717, 1.165) is 11.3 Å². The molecule has 0 bridgehead atoms. The number of esters is 1. The number of benzene rings is 2. The average Bonchev–Trinajstić information content (AvgIpc) is 2.80. The number of hydrogen-bond donors (Lipinski definition) is 1. The minimum Gasteiger partial charge on any atom is -0.497 e. The van der Waals surface area contributed by atoms with Gasteiger partial charge in [0.05, 0.1) is 20.8 Å². The maximum absolute atomic E-state index is 12.4. The van der Waals surface area contributed by atoms with E-state index in [0.29, 0.717) is 17.1 Å². The fourth-order valence-corrected chi connectivity index (χ4v) is 2.57. The van der Waals surface area contributed by atoms with Gasteiger partial charge in [0, 0.05) is 6.54 Å². The highest BCUT2D eigenvalue weighted by molar-refractivity contribution is 6.01. The van der Waals surface area contributed by atoms with E-state index in [-0.39, 0.29) is 25.3 Å². The molecule has 0 unspecified atom stereocenters. The van der Waals surface area contributed by atoms with E-state index in [2.05, 4.69) is 5.32 Å². The molecule has 0 aliphatic carbocycles. The van der Waals surface area contributed by atoms with Gasteiger partial charge in [-0.05, 0) is 48.4 Å². The monoisotopic (exact) mass is 424 g/mol. The molecule has 162 valence electrons. The number of carbonyl (C=O) groups excluding carboxylic acids is 2. The van der Waals surface area contributed by atoms with E-state index in [9.17, 15) is 14.9 Å². The molecular formula is C23H24N2O6. The van der Waals surface area contributed by atoms with Crippen LogP contribution < -0.4 is 19.5 Å². The molecule has 0 aliphatic rings. The Hall–Kier alpha value is -3.99. The molecule has 0 atom stereocenters. The Bertz CT molecular complexity index is 977. The summed E-state index contributed by atoms with van der Waals surface area (Å²) in [4.78, 5) is 23.9. The van der Waals surface area contributed by atoms with Crippen molar-refractivity contribution >= 4 is 18.0 Å². The molecule has 2 aromatic rings. The molecule has 0 saturated heterocycles. The molecule has 0 spiro atoms. The first-order valence-electron chi connectivity index (χ1n) is 9.50. The fraction of sp³-hybridized carbons (Fsp3) is 0.261. The quantitative estimate of drug-likeness (QED) is 0.355. The van der Waals surface area contributed by atoms with E-state index in [1.807, 2.05) is 18.2 Å². The van der Waals surface area contributed by atoms with Gasteiger partial charge in [0.15, 0.2) is 18.1 Å². The van der Waals surface area contributed by atoms with E-state index < -0.39 is 11.9 Å². The van der Waals surface area contributed by atoms with Gasteiger partial charge in [0.1, 0.15) is 17.4 Å². The normalized spacial score (nSPS) is 10.6. The summed E-state index contributed by atoms with van der Waals surface area (Å²) in [5.41, 5.74) is 1.38. The molecule has 2 aromatic carbocycles. The lowest BCUT2D eigenvalue weighted by Crippen LogP contribution is -2.23. The van der Waals surface area contributed by atoms with Crippen LogP contribution in [0.5, 0.6) is 17.2 Å². The maximum atomic E-state index is 12.4. The second-order valence-corrected chi connectivity index (χ2v) is 6.20. The Morgan fingerprint density at radius 2 is 1.81 bits per heavy atom. The van der Waals surface area contributed by atoms with Crippen LogP contribution in [0.25, 0.3) is 6.08 Å². The highest BCUT2D eigenvalue weighted by Crippen LogP contribution is 2.29. The van der Waals surface area contributed by atoms with Crippen LogP contribution in [-0.4, -0.2) is 39.3 Å². The van der Waals surface area contributed by atoms with Crippen molar-refractivity contribution < 1.29 is 28.5 Å². The summed E-state index contributed by atoms with van der Waals surface area (Å²) in [6, 6.07) is 14.0. The zero-order valence-corrected chi connectivity index (χ0v) is 17.6. The van der Waals surface area contributed by atoms with Gasteiger partial charge < -0.3 is 24.3 Å². The van der Waals surface area contributed by atoms with Crippen molar-refractivity contribution in [1.29, 1.82) is 5.26 Å². The Balaban J connectivity index is 2.06. The number of methoxy groups -OCH3 is 2. The van der Waals surface area contributed by atoms with Crippen LogP contribution in [0.3, 0.4) is 0 Å². The van der Waals surface area contributed by atoms with Crippen molar-refractivity contribution in [3.63, 3.8) is 0 Å². The van der Waals surface area contributed by atoms with Gasteiger partial charge in [-0.1, -0.05) is 18.2 Å². The first-order valence-corrected chi connectivity index (χ1v) is 9.50. The number of nitrogens with zero attached hydrogens (tertiary/aromatic N) is 1. The SMILES string of the molecule is CCOC(=O)COc1ccc(/C=C(/C#N)C(=O)NCc2ccc(OC)cc2)cc1OC. The van der Waals surface area contributed by atoms with Crippen molar-refractivity contribution in [2.75, 3.05) is 27.4 Å². The van der Waals surface area contributed by atoms with Crippen LogP contribution in [0.15, 0.2) is 48.0 Å². The third-order valence-electron chi connectivity index (χ3n) is 4.13. The summed E-state index contributed by atoms with van der Waals surface area (Å²) in [7, 11) is 3.03. The first-order chi connectivity index (χ1) is 15.0. The van der Waals surface area contributed by atoms with E-state index in [1.54, 1.807) is 44.4 Å². The Morgan fingerprint density at radius 3 is 2.42 bits per heavy atom. The predicted molar refractivity (Wildman–Crippen MR) is 114 cm³/mol. The Kier molecular flexibility index (Phi) is 8.92. The molecule has 0 fully saturated rings. The molecule has 0 aliphatic heterocycles. The molecule has 1 N–H and O–H groups in total. The predicted octanol–water partition coefficient (Wildman–Crippen LogP) is 2.87. The standard InChI is InChI=1S/C23H24N2O6/c1-4-30-22(26)15-31-20-10-7-17(12-21(20)29-3)11-18(13-24)23(27)25-14-16-5-8-19(28-2)9-6-16/h5-12H,4,14-15H2,1-3H3,(H,25,27)/b18-11-. The zero-order valence-electron chi connectivity index (χ0n) is 17.6. The minimum atomic E-state index is -0.500. The lowest BCUT2D eigenvalue weighted by molar-refractivity contribution is -0.145. The Morgan fingerprint density at radius 1 is 1.06 bits per heavy atom. The summed E-state index contributed by atoms with van der Waals surface area (Å²) in [5.74, 6) is 0.425. The minimum absolute atomic E-state index is 0.0595. The number of nitrogens with one attached hydrogen (secondary N) is 1. The highest BCUT2D eigenvalue weighted by Gasteiger charge is 2.12. The molecule has 0 heterocycles. The van der Waals surface area contributed by atoms with Crippen LogP contribution in [-0.2, 0) is 20.9 Å². The number of amides is 1. The smallest absolute Gasteiger partial charge is 0.344 e. The van der Waals surface area contributed by atoms with Gasteiger partial charge in [-0.3, -0.25) is 4.79 Å². The topological polar surface area (TPSA) is 107 Å². The highest BCUT2D eigenvalue weighted by atomic mass is 16.6. The zero-order chi connectivity index (χ0) is 22.6. The number of ether oxygens (including phenoxy) is 4. The second-order valence-electron chi connectivity index (χ2n) is 6.20. The van der Waals surface area contributed by atoms with Crippen LogP contribution in [0.1, 0.15) is 18.1 Å². The van der Waals surface area contributed by atoms with Gasteiger partial charge in [-0.25, -0.2) is 4.79 Å². The van der Waals surface area contributed by atoms with Crippen molar-refractivity contribution in [2.24, 2.45) is 0 Å². The van der Waals surface area contributed by atoms with Gasteiger partial charge in [0.2, 0.25) is 0 Å². The molecular weight excluding hydrogens is 400 g/mol. The van der Waals surface area contributed by atoms with Gasteiger partial charge in [-0.15, -0.1) is 0 Å². The summed E-state index contributed by atoms with van der Waals surface area (Å²) < 4.78 is 20.6. The molecule has 0 radical (unpaired) electrons. The molecule has 8 nitrogen and oxygen atoms in total. The van der Waals surface area contributed by atoms with Crippen LogP contribution in [0.2, 0.25) is 0 Å². The largest absolute Gasteiger partial charge is 0.497 e. The lowest BCUT2D eigenvalue weighted by atomic mass is 10.1. The van der Waals surface area contributed by atoms with Crippen LogP contribution in [0, 0.1) is 11.3 Å². The lowest BCUT2D eigenvalue weighted by Gasteiger charge is -2.11. The molecule has 8 heteroatoms. The summed E-state index contributed by atoms with van der Waals surface area (Å²) in [6.07, 6.45) is 1.45. The molecule has 0 saturated carbocycles. The summed E-state index contributed by atoms with van der Waals surface area (Å²) >= 11 is 0. The van der Waals surface area contributed by atoms with Crippen LogP contribution in [0.4, 0.5) is 0 Å². The van der Waals surface area contributed by atoms with E-state index in [1.165, 1.54) is 13.2 Å². The number of nitriles is 1. The van der Waals surface area contributed by atoms with Crippen molar-refractivity contribution in [3.05, 3.63) is 59.2 Å². The number of hydrogen-bond acceptors (Lipinski definition) is 7. The van der Waals surface area contributed by atoms with Crippen molar-refractivity contribution in [3.8, 4) is 23.3 Å².